The standard InChI is InChI=1S/C19H17NO.ClH/c21-19(17-9-3-1-4-10-17,18-11-5-2-6-12-18)14-16-8-7-13-20-15-16;/h1-13,15,21H,14H2;1H. The van der Waals surface area contributed by atoms with Crippen molar-refractivity contribution in [2.75, 3.05) is 0 Å². The molecule has 3 heteroatoms. The van der Waals surface area contributed by atoms with Crippen molar-refractivity contribution in [3.63, 3.8) is 0 Å². The van der Waals surface area contributed by atoms with E-state index in [9.17, 15) is 5.11 Å². The van der Waals surface area contributed by atoms with E-state index < -0.39 is 5.60 Å². The number of halogens is 1. The molecule has 3 rings (SSSR count). The van der Waals surface area contributed by atoms with E-state index in [1.807, 2.05) is 72.8 Å². The maximum atomic E-state index is 11.4. The molecule has 0 aliphatic carbocycles. The SMILES string of the molecule is Cl.OC(Cc1cccnc1)(c1ccccc1)c1ccccc1. The Morgan fingerprint density at radius 3 is 1.77 bits per heavy atom. The first-order valence-corrected chi connectivity index (χ1v) is 7.01. The summed E-state index contributed by atoms with van der Waals surface area (Å²) in [7, 11) is 0. The third kappa shape index (κ3) is 3.35. The van der Waals surface area contributed by atoms with Crippen LogP contribution in [0.15, 0.2) is 85.2 Å². The monoisotopic (exact) mass is 311 g/mol. The largest absolute Gasteiger partial charge is 0.380 e. The van der Waals surface area contributed by atoms with Crippen LogP contribution in [0.4, 0.5) is 0 Å². The van der Waals surface area contributed by atoms with Gasteiger partial charge in [0.1, 0.15) is 5.60 Å². The van der Waals surface area contributed by atoms with Gasteiger partial charge in [-0.3, -0.25) is 4.98 Å². The summed E-state index contributed by atoms with van der Waals surface area (Å²) >= 11 is 0. The Labute approximate surface area is 136 Å². The summed E-state index contributed by atoms with van der Waals surface area (Å²) < 4.78 is 0. The summed E-state index contributed by atoms with van der Waals surface area (Å²) in [5.41, 5.74) is 1.73. The number of hydrogen-bond donors (Lipinski definition) is 1. The van der Waals surface area contributed by atoms with Crippen LogP contribution in [0.25, 0.3) is 0 Å². The van der Waals surface area contributed by atoms with Crippen LogP contribution >= 0.6 is 12.4 Å². The maximum absolute atomic E-state index is 11.4. The molecule has 0 saturated carbocycles. The first-order chi connectivity index (χ1) is 10.3. The molecule has 1 heterocycles. The zero-order valence-corrected chi connectivity index (χ0v) is 12.9. The summed E-state index contributed by atoms with van der Waals surface area (Å²) in [6.07, 6.45) is 4.04. The van der Waals surface area contributed by atoms with Gasteiger partial charge < -0.3 is 5.11 Å². The van der Waals surface area contributed by atoms with Gasteiger partial charge >= 0.3 is 0 Å². The second-order valence-electron chi connectivity index (χ2n) is 5.13. The zero-order chi connectivity index (χ0) is 14.5. The predicted octanol–water partition coefficient (Wildman–Crippen LogP) is 3.98. The number of benzene rings is 2. The second kappa shape index (κ2) is 7.21. The molecule has 112 valence electrons. The quantitative estimate of drug-likeness (QED) is 0.790. The Kier molecular flexibility index (Phi) is 5.31. The fourth-order valence-corrected chi connectivity index (χ4v) is 2.60. The summed E-state index contributed by atoms with van der Waals surface area (Å²) in [5, 5.41) is 11.4. The molecule has 0 aliphatic heterocycles. The van der Waals surface area contributed by atoms with Crippen LogP contribution < -0.4 is 0 Å². The number of pyridine rings is 1. The lowest BCUT2D eigenvalue weighted by atomic mass is 9.82. The minimum Gasteiger partial charge on any atom is -0.380 e. The van der Waals surface area contributed by atoms with Crippen LogP contribution in [0.3, 0.4) is 0 Å². The molecule has 0 fully saturated rings. The lowest BCUT2D eigenvalue weighted by Crippen LogP contribution is -2.30. The molecule has 1 aromatic heterocycles. The van der Waals surface area contributed by atoms with E-state index in [0.717, 1.165) is 16.7 Å². The van der Waals surface area contributed by atoms with Crippen LogP contribution in [-0.4, -0.2) is 10.1 Å². The Morgan fingerprint density at radius 1 is 0.773 bits per heavy atom. The van der Waals surface area contributed by atoms with Gasteiger partial charge in [0, 0.05) is 18.8 Å². The molecule has 0 bridgehead atoms. The number of aliphatic hydroxyl groups is 1. The van der Waals surface area contributed by atoms with Crippen molar-refractivity contribution in [1.82, 2.24) is 4.98 Å². The van der Waals surface area contributed by atoms with E-state index in [1.165, 1.54) is 0 Å². The van der Waals surface area contributed by atoms with Gasteiger partial charge in [-0.25, -0.2) is 0 Å². The van der Waals surface area contributed by atoms with Crippen LogP contribution in [0, 0.1) is 0 Å². The Morgan fingerprint density at radius 2 is 1.32 bits per heavy atom. The van der Waals surface area contributed by atoms with E-state index in [0.29, 0.717) is 6.42 Å². The highest BCUT2D eigenvalue weighted by atomic mass is 35.5. The van der Waals surface area contributed by atoms with Crippen LogP contribution in [-0.2, 0) is 12.0 Å². The minimum absolute atomic E-state index is 0. The van der Waals surface area contributed by atoms with Gasteiger partial charge in [0.05, 0.1) is 0 Å². The van der Waals surface area contributed by atoms with Crippen molar-refractivity contribution in [2.45, 2.75) is 12.0 Å². The Hall–Kier alpha value is -2.16. The third-order valence-electron chi connectivity index (χ3n) is 3.69. The first-order valence-electron chi connectivity index (χ1n) is 7.01. The molecular formula is C19H18ClNO. The van der Waals surface area contributed by atoms with Gasteiger partial charge in [-0.15, -0.1) is 12.4 Å². The lowest BCUT2D eigenvalue weighted by Gasteiger charge is -2.29. The molecule has 0 saturated heterocycles. The predicted molar refractivity (Wildman–Crippen MR) is 91.1 cm³/mol. The van der Waals surface area contributed by atoms with E-state index in [4.69, 9.17) is 0 Å². The summed E-state index contributed by atoms with van der Waals surface area (Å²) in [6.45, 7) is 0. The topological polar surface area (TPSA) is 33.1 Å². The number of aromatic nitrogens is 1. The number of nitrogens with zero attached hydrogens (tertiary/aromatic N) is 1. The Bertz CT molecular complexity index is 647. The molecule has 3 aromatic rings. The fourth-order valence-electron chi connectivity index (χ4n) is 2.60. The van der Waals surface area contributed by atoms with E-state index in [1.54, 1.807) is 12.4 Å². The summed E-state index contributed by atoms with van der Waals surface area (Å²) in [5.74, 6) is 0. The van der Waals surface area contributed by atoms with Gasteiger partial charge in [0.15, 0.2) is 0 Å². The van der Waals surface area contributed by atoms with E-state index >= 15 is 0 Å². The molecule has 0 radical (unpaired) electrons. The van der Waals surface area contributed by atoms with Crippen molar-refractivity contribution in [3.05, 3.63) is 102 Å². The van der Waals surface area contributed by atoms with Gasteiger partial charge in [0.2, 0.25) is 0 Å². The molecule has 0 amide bonds. The molecule has 0 aliphatic rings. The Balaban J connectivity index is 0.00000176. The van der Waals surface area contributed by atoms with Gasteiger partial charge in [-0.05, 0) is 22.8 Å². The molecule has 1 N–H and O–H groups in total. The zero-order valence-electron chi connectivity index (χ0n) is 12.1. The van der Waals surface area contributed by atoms with Crippen LogP contribution in [0.2, 0.25) is 0 Å². The van der Waals surface area contributed by atoms with Crippen molar-refractivity contribution >= 4 is 12.4 Å². The molecule has 2 aromatic carbocycles. The highest BCUT2D eigenvalue weighted by molar-refractivity contribution is 5.85. The molecule has 0 atom stereocenters. The van der Waals surface area contributed by atoms with Gasteiger partial charge in [-0.1, -0.05) is 66.7 Å². The van der Waals surface area contributed by atoms with Crippen LogP contribution in [0.1, 0.15) is 16.7 Å². The van der Waals surface area contributed by atoms with Crippen molar-refractivity contribution < 1.29 is 5.11 Å². The highest BCUT2D eigenvalue weighted by Crippen LogP contribution is 2.32. The molecule has 22 heavy (non-hydrogen) atoms. The average molecular weight is 312 g/mol. The number of rotatable bonds is 4. The lowest BCUT2D eigenvalue weighted by molar-refractivity contribution is 0.0810. The number of hydrogen-bond acceptors (Lipinski definition) is 2. The minimum atomic E-state index is -1.05. The fraction of sp³-hybridized carbons (Fsp3) is 0.105. The summed E-state index contributed by atoms with van der Waals surface area (Å²) in [4.78, 5) is 4.15. The smallest absolute Gasteiger partial charge is 0.119 e. The third-order valence-corrected chi connectivity index (χ3v) is 3.69. The molecule has 0 unspecified atom stereocenters. The van der Waals surface area contributed by atoms with Crippen molar-refractivity contribution in [2.24, 2.45) is 0 Å². The molecular weight excluding hydrogens is 294 g/mol. The molecule has 2 nitrogen and oxygen atoms in total. The van der Waals surface area contributed by atoms with Crippen molar-refractivity contribution in [3.8, 4) is 0 Å². The van der Waals surface area contributed by atoms with E-state index in [2.05, 4.69) is 4.98 Å². The van der Waals surface area contributed by atoms with E-state index in [-0.39, 0.29) is 12.4 Å². The normalized spacial score (nSPS) is 10.8. The highest BCUT2D eigenvalue weighted by Gasteiger charge is 2.31. The van der Waals surface area contributed by atoms with Gasteiger partial charge in [0.25, 0.3) is 0 Å². The van der Waals surface area contributed by atoms with Crippen LogP contribution in [0.5, 0.6) is 0 Å². The summed E-state index contributed by atoms with van der Waals surface area (Å²) in [6, 6.07) is 23.4. The van der Waals surface area contributed by atoms with Gasteiger partial charge in [-0.2, -0.15) is 0 Å². The maximum Gasteiger partial charge on any atom is 0.119 e. The second-order valence-corrected chi connectivity index (χ2v) is 5.13. The average Bonchev–Trinajstić information content (AvgIpc) is 2.57. The van der Waals surface area contributed by atoms with Crippen molar-refractivity contribution in [1.29, 1.82) is 0 Å². The molecule has 0 spiro atoms. The first kappa shape index (κ1) is 16.2.